The third-order valence-electron chi connectivity index (χ3n) is 8.04. The van der Waals surface area contributed by atoms with Crippen LogP contribution in [0.5, 0.6) is 5.75 Å². The van der Waals surface area contributed by atoms with Gasteiger partial charge in [0.2, 0.25) is 0 Å². The van der Waals surface area contributed by atoms with Crippen LogP contribution in [0.25, 0.3) is 10.9 Å². The number of benzene rings is 2. The van der Waals surface area contributed by atoms with E-state index in [9.17, 15) is 10.2 Å². The van der Waals surface area contributed by atoms with E-state index < -0.39 is 11.0 Å². The molecule has 1 saturated carbocycles. The molecule has 6 rings (SSSR count). The van der Waals surface area contributed by atoms with E-state index in [0.717, 1.165) is 42.2 Å². The molecule has 0 spiro atoms. The van der Waals surface area contributed by atoms with Crippen LogP contribution in [0.2, 0.25) is 0 Å². The number of aryl methyl sites for hydroxylation is 1. The van der Waals surface area contributed by atoms with E-state index >= 15 is 0 Å². The normalized spacial score (nSPS) is 28.3. The maximum absolute atomic E-state index is 12.3. The number of hydrogen-bond donors (Lipinski definition) is 2. The van der Waals surface area contributed by atoms with Crippen LogP contribution >= 0.6 is 0 Å². The van der Waals surface area contributed by atoms with Gasteiger partial charge in [-0.2, -0.15) is 0 Å². The molecule has 160 valence electrons. The van der Waals surface area contributed by atoms with E-state index in [4.69, 9.17) is 4.98 Å². The quantitative estimate of drug-likeness (QED) is 0.677. The minimum absolute atomic E-state index is 0.266. The van der Waals surface area contributed by atoms with Crippen LogP contribution in [0.1, 0.15) is 41.6 Å². The van der Waals surface area contributed by atoms with Crippen molar-refractivity contribution in [1.29, 1.82) is 0 Å². The number of aromatic hydroxyl groups is 1. The summed E-state index contributed by atoms with van der Waals surface area (Å²) < 4.78 is 0. The summed E-state index contributed by atoms with van der Waals surface area (Å²) in [6, 6.07) is 16.1. The van der Waals surface area contributed by atoms with Crippen molar-refractivity contribution in [2.45, 2.75) is 50.0 Å². The Hall–Kier alpha value is -2.43. The maximum atomic E-state index is 12.3. The zero-order chi connectivity index (χ0) is 21.2. The predicted molar refractivity (Wildman–Crippen MR) is 122 cm³/mol. The van der Waals surface area contributed by atoms with Gasteiger partial charge in [0.1, 0.15) is 5.75 Å². The van der Waals surface area contributed by atoms with Crippen molar-refractivity contribution in [2.24, 2.45) is 5.92 Å². The first-order chi connectivity index (χ1) is 15.0. The Labute approximate surface area is 183 Å². The minimum atomic E-state index is -0.876. The highest BCUT2D eigenvalue weighted by atomic mass is 16.3. The number of phenols is 1. The zero-order valence-electron chi connectivity index (χ0n) is 18.1. The van der Waals surface area contributed by atoms with Gasteiger partial charge in [0.15, 0.2) is 0 Å². The first-order valence-electron chi connectivity index (χ1n) is 11.6. The van der Waals surface area contributed by atoms with Gasteiger partial charge < -0.3 is 15.1 Å². The number of hydrogen-bond acceptors (Lipinski definition) is 4. The Kier molecular flexibility index (Phi) is 4.22. The molecule has 2 fully saturated rings. The number of nitrogens with zero attached hydrogens (tertiary/aromatic N) is 2. The van der Waals surface area contributed by atoms with Gasteiger partial charge in [-0.05, 0) is 79.6 Å². The Morgan fingerprint density at radius 3 is 2.74 bits per heavy atom. The number of piperidine rings is 1. The van der Waals surface area contributed by atoms with Crippen molar-refractivity contribution < 1.29 is 10.2 Å². The lowest BCUT2D eigenvalue weighted by molar-refractivity contribution is -0.104. The molecule has 3 aliphatic rings. The zero-order valence-corrected chi connectivity index (χ0v) is 18.1. The second-order valence-corrected chi connectivity index (χ2v) is 10.2. The molecule has 3 aromatic rings. The fourth-order valence-corrected chi connectivity index (χ4v) is 6.13. The number of β-amino-alcohol motifs (C(OH)–C–C–N with tert-alkyl or cyclic N) is 1. The Morgan fingerprint density at radius 2 is 1.94 bits per heavy atom. The Balaban J connectivity index is 1.49. The molecule has 2 aliphatic carbocycles. The summed E-state index contributed by atoms with van der Waals surface area (Å²) in [6.45, 7) is 4.89. The van der Waals surface area contributed by atoms with Gasteiger partial charge in [0.25, 0.3) is 0 Å². The molecular formula is C27H30N2O2. The Morgan fingerprint density at radius 1 is 1.10 bits per heavy atom. The number of aromatic nitrogens is 1. The van der Waals surface area contributed by atoms with Crippen LogP contribution in [0.15, 0.2) is 48.5 Å². The molecule has 0 unspecified atom stereocenters. The van der Waals surface area contributed by atoms with E-state index in [2.05, 4.69) is 42.2 Å². The third-order valence-corrected chi connectivity index (χ3v) is 8.04. The highest BCUT2D eigenvalue weighted by Gasteiger charge is 2.57. The van der Waals surface area contributed by atoms with E-state index in [1.807, 2.05) is 12.1 Å². The van der Waals surface area contributed by atoms with Crippen molar-refractivity contribution in [2.75, 3.05) is 19.6 Å². The molecule has 0 radical (unpaired) electrons. The average molecular weight is 415 g/mol. The van der Waals surface area contributed by atoms with E-state index in [1.165, 1.54) is 29.4 Å². The van der Waals surface area contributed by atoms with Gasteiger partial charge in [-0.15, -0.1) is 0 Å². The summed E-state index contributed by atoms with van der Waals surface area (Å²) in [5.41, 5.74) is 4.26. The molecule has 2 N–H and O–H groups in total. The van der Waals surface area contributed by atoms with E-state index in [-0.39, 0.29) is 5.75 Å². The molecule has 2 aromatic carbocycles. The van der Waals surface area contributed by atoms with Crippen LogP contribution in [0, 0.1) is 12.8 Å². The summed E-state index contributed by atoms with van der Waals surface area (Å²) in [4.78, 5) is 7.56. The van der Waals surface area contributed by atoms with Gasteiger partial charge in [0.05, 0.1) is 11.1 Å². The maximum Gasteiger partial charge on any atom is 0.115 e. The molecule has 1 aliphatic heterocycles. The van der Waals surface area contributed by atoms with Crippen molar-refractivity contribution in [1.82, 2.24) is 9.88 Å². The molecule has 1 saturated heterocycles. The summed E-state index contributed by atoms with van der Waals surface area (Å²) in [6.07, 6.45) is 4.85. The molecule has 4 nitrogen and oxygen atoms in total. The number of pyridine rings is 1. The van der Waals surface area contributed by atoms with Crippen LogP contribution in [-0.4, -0.2) is 45.3 Å². The average Bonchev–Trinajstić information content (AvgIpc) is 3.55. The molecule has 0 amide bonds. The number of aliphatic hydroxyl groups is 1. The molecule has 1 aromatic heterocycles. The van der Waals surface area contributed by atoms with Gasteiger partial charge in [-0.3, -0.25) is 4.98 Å². The van der Waals surface area contributed by atoms with Crippen LogP contribution in [0.3, 0.4) is 0 Å². The summed E-state index contributed by atoms with van der Waals surface area (Å²) in [5, 5.41) is 23.8. The highest BCUT2D eigenvalue weighted by Crippen LogP contribution is 2.51. The molecule has 31 heavy (non-hydrogen) atoms. The van der Waals surface area contributed by atoms with E-state index in [1.54, 1.807) is 6.07 Å². The lowest BCUT2D eigenvalue weighted by Crippen LogP contribution is -2.66. The van der Waals surface area contributed by atoms with Crippen molar-refractivity contribution in [3.05, 3.63) is 70.9 Å². The van der Waals surface area contributed by atoms with Crippen molar-refractivity contribution in [3.8, 4) is 5.75 Å². The van der Waals surface area contributed by atoms with Gasteiger partial charge in [-0.1, -0.05) is 24.3 Å². The smallest absolute Gasteiger partial charge is 0.115 e. The minimum Gasteiger partial charge on any atom is -0.508 e. The Bertz CT molecular complexity index is 1170. The fraction of sp³-hybridized carbons (Fsp3) is 0.444. The first kappa shape index (κ1) is 19.3. The van der Waals surface area contributed by atoms with Gasteiger partial charge in [0, 0.05) is 42.4 Å². The number of rotatable bonds is 3. The van der Waals surface area contributed by atoms with Crippen molar-refractivity contribution in [3.63, 3.8) is 0 Å². The topological polar surface area (TPSA) is 56.6 Å². The summed E-state index contributed by atoms with van der Waals surface area (Å²) in [7, 11) is 0. The predicted octanol–water partition coefficient (Wildman–Crippen LogP) is 4.13. The van der Waals surface area contributed by atoms with Crippen LogP contribution in [-0.2, 0) is 18.3 Å². The second-order valence-electron chi connectivity index (χ2n) is 10.2. The number of phenolic OH excluding ortho intramolecular Hbond substituents is 1. The number of likely N-dealkylation sites (tertiary alicyclic amines) is 1. The monoisotopic (exact) mass is 414 g/mol. The largest absolute Gasteiger partial charge is 0.508 e. The van der Waals surface area contributed by atoms with Gasteiger partial charge in [-0.25, -0.2) is 0 Å². The second kappa shape index (κ2) is 6.78. The standard InChI is InChI=1S/C27H30N2O2/c1-18-4-2-7-24-23(18)12-20-14-27(31)17-29(16-19-8-9-19)11-10-26(27,15-25(20)28-24)21-5-3-6-22(30)13-21/h2-7,12-13,19,30-31H,8-11,14-17H2,1H3/t26-,27-/m0/s1. The molecule has 0 bridgehead atoms. The van der Waals surface area contributed by atoms with Crippen LogP contribution < -0.4 is 0 Å². The highest BCUT2D eigenvalue weighted by molar-refractivity contribution is 5.83. The lowest BCUT2D eigenvalue weighted by Gasteiger charge is -2.56. The SMILES string of the molecule is Cc1cccc2nc3c(cc12)C[C@]1(O)CN(CC2CC2)CC[C@@]1(c1cccc(O)c1)C3. The number of fused-ring (bicyclic) bond motifs is 3. The summed E-state index contributed by atoms with van der Waals surface area (Å²) in [5.74, 6) is 1.07. The lowest BCUT2D eigenvalue weighted by atomic mass is 9.56. The van der Waals surface area contributed by atoms with Crippen LogP contribution in [0.4, 0.5) is 0 Å². The van der Waals surface area contributed by atoms with Crippen molar-refractivity contribution >= 4 is 10.9 Å². The summed E-state index contributed by atoms with van der Waals surface area (Å²) >= 11 is 0. The molecule has 4 heteroatoms. The molecule has 2 heterocycles. The molecule has 2 atom stereocenters. The fourth-order valence-electron chi connectivity index (χ4n) is 6.13. The van der Waals surface area contributed by atoms with E-state index in [0.29, 0.717) is 19.4 Å². The first-order valence-corrected chi connectivity index (χ1v) is 11.6. The molecular weight excluding hydrogens is 384 g/mol. The third kappa shape index (κ3) is 3.07. The van der Waals surface area contributed by atoms with Gasteiger partial charge >= 0.3 is 0 Å².